The van der Waals surface area contributed by atoms with Gasteiger partial charge in [-0.05, 0) is 36.6 Å². The fourth-order valence-corrected chi connectivity index (χ4v) is 6.44. The molecule has 0 spiro atoms. The molecule has 6 rings (SSSR count). The molecule has 2 aliphatic rings. The largest absolute Gasteiger partial charge is 0.491 e. The van der Waals surface area contributed by atoms with Gasteiger partial charge in [-0.25, -0.2) is 13.6 Å². The number of carbonyl (C=O) groups is 1. The van der Waals surface area contributed by atoms with E-state index in [9.17, 15) is 9.59 Å². The van der Waals surface area contributed by atoms with E-state index in [-0.39, 0.29) is 63.1 Å². The molecule has 1 atom stereocenters. The van der Waals surface area contributed by atoms with Crippen LogP contribution in [-0.2, 0) is 4.79 Å². The minimum absolute atomic E-state index is 0.0624. The zero-order valence-electron chi connectivity index (χ0n) is 24.0. The van der Waals surface area contributed by atoms with Crippen LogP contribution in [0.5, 0.6) is 5.75 Å². The lowest BCUT2D eigenvalue weighted by Crippen LogP contribution is -2.56. The van der Waals surface area contributed by atoms with Crippen LogP contribution in [0.2, 0.25) is 5.02 Å². The van der Waals surface area contributed by atoms with E-state index in [1.807, 2.05) is 25.7 Å². The van der Waals surface area contributed by atoms with Crippen LogP contribution in [0.15, 0.2) is 54.0 Å². The Kier molecular flexibility index (Phi) is 7.41. The van der Waals surface area contributed by atoms with E-state index in [0.717, 1.165) is 0 Å². The maximum atomic E-state index is 17.2. The second kappa shape index (κ2) is 11.1. The summed E-state index contributed by atoms with van der Waals surface area (Å²) in [6, 6.07) is 7.23. The van der Waals surface area contributed by atoms with Crippen LogP contribution in [0.25, 0.3) is 27.7 Å². The number of ether oxygens (including phenoxy) is 1. The standard InChI is InChI=1S/C32H30ClF2N5O3/c1-5-22(41)38-13-14-39-19(16-38)11-15-43-30-24-29(26(35)23(25(30)33)20-8-6-7-9-21(20)34)40(32(42)37-31(24)39)28-18(4)10-12-36-27(28)17(2)3/h5-10,12,17,19H,1,11,13-16H2,2-4H3. The van der Waals surface area contributed by atoms with Gasteiger partial charge in [0, 0.05) is 43.4 Å². The van der Waals surface area contributed by atoms with E-state index in [2.05, 4.69) is 16.5 Å². The van der Waals surface area contributed by atoms with E-state index in [0.29, 0.717) is 43.0 Å². The molecular weight excluding hydrogens is 576 g/mol. The van der Waals surface area contributed by atoms with Gasteiger partial charge in [0.2, 0.25) is 5.91 Å². The van der Waals surface area contributed by atoms with Crippen molar-refractivity contribution in [3.63, 3.8) is 0 Å². The number of carbonyl (C=O) groups excluding carboxylic acids is 1. The average Bonchev–Trinajstić information content (AvgIpc) is 2.98. The first kappa shape index (κ1) is 28.8. The fraction of sp³-hybridized carbons (Fsp3) is 0.312. The highest BCUT2D eigenvalue weighted by Gasteiger charge is 2.37. The summed E-state index contributed by atoms with van der Waals surface area (Å²) < 4.78 is 39.8. The van der Waals surface area contributed by atoms with Gasteiger partial charge < -0.3 is 14.5 Å². The molecule has 0 saturated carbocycles. The second-order valence-corrected chi connectivity index (χ2v) is 11.5. The first-order valence-electron chi connectivity index (χ1n) is 14.1. The molecule has 11 heteroatoms. The lowest BCUT2D eigenvalue weighted by molar-refractivity contribution is -0.126. The van der Waals surface area contributed by atoms with Crippen molar-refractivity contribution in [3.8, 4) is 22.6 Å². The number of fused-ring (bicyclic) bond motifs is 2. The summed E-state index contributed by atoms with van der Waals surface area (Å²) in [4.78, 5) is 39.2. The highest BCUT2D eigenvalue weighted by Crippen LogP contribution is 2.48. The van der Waals surface area contributed by atoms with Gasteiger partial charge in [0.1, 0.15) is 17.2 Å². The summed E-state index contributed by atoms with van der Waals surface area (Å²) in [7, 11) is 0. The minimum Gasteiger partial charge on any atom is -0.491 e. The molecule has 0 bridgehead atoms. The SMILES string of the molecule is C=CC(=O)N1CCN2c3nc(=O)n(-c4c(C)ccnc4C(C)C)c4c(F)c(-c5ccccc5F)c(Cl)c(c34)OCCC2C1. The van der Waals surface area contributed by atoms with Crippen molar-refractivity contribution in [1.82, 2.24) is 19.4 Å². The molecule has 0 radical (unpaired) electrons. The average molecular weight is 606 g/mol. The van der Waals surface area contributed by atoms with Crippen molar-refractivity contribution in [2.45, 2.75) is 39.2 Å². The Bertz CT molecular complexity index is 1860. The molecule has 1 unspecified atom stereocenters. The molecule has 2 aliphatic heterocycles. The molecule has 222 valence electrons. The molecule has 1 saturated heterocycles. The van der Waals surface area contributed by atoms with Crippen LogP contribution >= 0.6 is 11.6 Å². The molecule has 2 aromatic heterocycles. The van der Waals surface area contributed by atoms with Crippen molar-refractivity contribution in [2.24, 2.45) is 0 Å². The van der Waals surface area contributed by atoms with Crippen molar-refractivity contribution in [1.29, 1.82) is 0 Å². The third-order valence-corrected chi connectivity index (χ3v) is 8.52. The number of aryl methyl sites for hydroxylation is 1. The lowest BCUT2D eigenvalue weighted by atomic mass is 9.98. The van der Waals surface area contributed by atoms with Crippen molar-refractivity contribution < 1.29 is 18.3 Å². The highest BCUT2D eigenvalue weighted by atomic mass is 35.5. The maximum Gasteiger partial charge on any atom is 0.354 e. The number of halogens is 3. The quantitative estimate of drug-likeness (QED) is 0.274. The maximum absolute atomic E-state index is 17.2. The Morgan fingerprint density at radius 1 is 1.21 bits per heavy atom. The van der Waals surface area contributed by atoms with Crippen molar-refractivity contribution in [2.75, 3.05) is 31.1 Å². The number of hydrogen-bond acceptors (Lipinski definition) is 6. The molecule has 1 amide bonds. The van der Waals surface area contributed by atoms with Gasteiger partial charge in [-0.15, -0.1) is 0 Å². The van der Waals surface area contributed by atoms with Crippen LogP contribution in [0.1, 0.15) is 37.4 Å². The van der Waals surface area contributed by atoms with Gasteiger partial charge in [0.25, 0.3) is 0 Å². The Morgan fingerprint density at radius 3 is 2.70 bits per heavy atom. The van der Waals surface area contributed by atoms with Crippen LogP contribution in [-0.4, -0.2) is 57.6 Å². The van der Waals surface area contributed by atoms with Gasteiger partial charge in [-0.2, -0.15) is 4.98 Å². The molecule has 8 nitrogen and oxygen atoms in total. The first-order valence-corrected chi connectivity index (χ1v) is 14.5. The summed E-state index contributed by atoms with van der Waals surface area (Å²) in [6.07, 6.45) is 3.38. The zero-order chi connectivity index (χ0) is 30.6. The van der Waals surface area contributed by atoms with E-state index >= 15 is 8.78 Å². The number of nitrogens with zero attached hydrogens (tertiary/aromatic N) is 5. The second-order valence-electron chi connectivity index (χ2n) is 11.1. The summed E-state index contributed by atoms with van der Waals surface area (Å²) in [5, 5.41) is 0.0857. The van der Waals surface area contributed by atoms with Gasteiger partial charge in [0.15, 0.2) is 11.6 Å². The van der Waals surface area contributed by atoms with E-state index in [1.54, 1.807) is 23.2 Å². The van der Waals surface area contributed by atoms with Gasteiger partial charge in [-0.3, -0.25) is 14.3 Å². The first-order chi connectivity index (χ1) is 20.6. The predicted molar refractivity (Wildman–Crippen MR) is 162 cm³/mol. The molecule has 1 fully saturated rings. The van der Waals surface area contributed by atoms with Crippen LogP contribution in [0.4, 0.5) is 14.6 Å². The molecular formula is C32H30ClF2N5O3. The van der Waals surface area contributed by atoms with Gasteiger partial charge in [-0.1, -0.05) is 50.2 Å². The Morgan fingerprint density at radius 2 is 1.98 bits per heavy atom. The van der Waals surface area contributed by atoms with E-state index < -0.39 is 17.3 Å². The number of amides is 1. The van der Waals surface area contributed by atoms with Crippen LogP contribution in [0.3, 0.4) is 0 Å². The number of aromatic nitrogens is 3. The topological polar surface area (TPSA) is 80.6 Å². The molecule has 4 heterocycles. The summed E-state index contributed by atoms with van der Waals surface area (Å²) in [6.45, 7) is 10.5. The summed E-state index contributed by atoms with van der Waals surface area (Å²) in [5.41, 5.74) is 0.526. The van der Waals surface area contributed by atoms with Crippen LogP contribution in [0, 0.1) is 18.6 Å². The molecule has 0 aliphatic carbocycles. The Balaban J connectivity index is 1.75. The van der Waals surface area contributed by atoms with E-state index in [1.165, 1.54) is 28.8 Å². The molecule has 0 N–H and O–H groups in total. The van der Waals surface area contributed by atoms with Gasteiger partial charge in [0.05, 0.1) is 34.4 Å². The number of hydrogen-bond donors (Lipinski definition) is 0. The lowest BCUT2D eigenvalue weighted by Gasteiger charge is -2.43. The van der Waals surface area contributed by atoms with Gasteiger partial charge >= 0.3 is 5.69 Å². The molecule has 2 aromatic carbocycles. The Hall–Kier alpha value is -4.31. The number of piperazine rings is 1. The number of pyridine rings is 1. The monoisotopic (exact) mass is 605 g/mol. The number of anilines is 1. The fourth-order valence-electron chi connectivity index (χ4n) is 6.11. The third-order valence-electron chi connectivity index (χ3n) is 8.16. The number of rotatable bonds is 4. The minimum atomic E-state index is -0.881. The van der Waals surface area contributed by atoms with E-state index in [4.69, 9.17) is 16.3 Å². The third kappa shape index (κ3) is 4.64. The highest BCUT2D eigenvalue weighted by molar-refractivity contribution is 6.36. The van der Waals surface area contributed by atoms with Crippen molar-refractivity contribution >= 4 is 34.2 Å². The van der Waals surface area contributed by atoms with Crippen LogP contribution < -0.4 is 15.3 Å². The predicted octanol–water partition coefficient (Wildman–Crippen LogP) is 5.80. The molecule has 43 heavy (non-hydrogen) atoms. The Labute approximate surface area is 252 Å². The molecule has 4 aromatic rings. The number of benzene rings is 2. The van der Waals surface area contributed by atoms with Crippen molar-refractivity contribution in [3.05, 3.63) is 87.6 Å². The summed E-state index contributed by atoms with van der Waals surface area (Å²) >= 11 is 6.90. The smallest absolute Gasteiger partial charge is 0.354 e. The normalized spacial score (nSPS) is 16.5. The summed E-state index contributed by atoms with van der Waals surface area (Å²) in [5.74, 6) is -1.56. The zero-order valence-corrected chi connectivity index (χ0v) is 24.8.